The molecule has 1 aliphatic rings. The van der Waals surface area contributed by atoms with Crippen molar-refractivity contribution in [3.05, 3.63) is 0 Å². The lowest BCUT2D eigenvalue weighted by Gasteiger charge is -1.98. The Labute approximate surface area is 58.6 Å². The minimum absolute atomic E-state index is 0.0688. The molecule has 0 saturated carbocycles. The molecule has 0 aromatic rings. The maximum Gasteiger partial charge on any atom is 0.351 e. The fourth-order valence-electron chi connectivity index (χ4n) is 0.441. The molecule has 0 aromatic heterocycles. The highest BCUT2D eigenvalue weighted by molar-refractivity contribution is 6.33. The summed E-state index contributed by atoms with van der Waals surface area (Å²) in [6.45, 7) is 2.36. The molecule has 4 heteroatoms. The summed E-state index contributed by atoms with van der Waals surface area (Å²) in [7, 11) is 0. The van der Waals surface area contributed by atoms with E-state index in [9.17, 15) is 4.79 Å². The Bertz CT molecular complexity index is 162. The molecule has 1 fully saturated rings. The Balaban J connectivity index is 2.11. The fourth-order valence-corrected chi connectivity index (χ4v) is 0.441. The first-order chi connectivity index (χ1) is 4.70. The van der Waals surface area contributed by atoms with Crippen molar-refractivity contribution < 1.29 is 14.3 Å². The van der Waals surface area contributed by atoms with Crippen LogP contribution in [0.15, 0.2) is 0 Å². The lowest BCUT2D eigenvalue weighted by Crippen LogP contribution is -2.15. The zero-order valence-corrected chi connectivity index (χ0v) is 5.72. The van der Waals surface area contributed by atoms with Gasteiger partial charge < -0.3 is 9.47 Å². The van der Waals surface area contributed by atoms with Gasteiger partial charge >= 0.3 is 5.97 Å². The third kappa shape index (κ3) is 2.14. The lowest BCUT2D eigenvalue weighted by molar-refractivity contribution is -0.136. The third-order valence-corrected chi connectivity index (χ3v) is 1.11. The van der Waals surface area contributed by atoms with Crippen molar-refractivity contribution in [2.24, 2.45) is 0 Å². The van der Waals surface area contributed by atoms with E-state index >= 15 is 0 Å². The SMILES string of the molecule is CC(=N)C(=O)OCC1CO1. The van der Waals surface area contributed by atoms with Crippen molar-refractivity contribution in [1.82, 2.24) is 0 Å². The Morgan fingerprint density at radius 3 is 2.90 bits per heavy atom. The highest BCUT2D eigenvalue weighted by Gasteiger charge is 2.24. The molecule has 0 radical (unpaired) electrons. The summed E-state index contributed by atoms with van der Waals surface area (Å²) >= 11 is 0. The van der Waals surface area contributed by atoms with Gasteiger partial charge in [-0.05, 0) is 6.92 Å². The standard InChI is InChI=1S/C6H9NO3/c1-4(7)6(8)10-3-5-2-9-5/h5,7H,2-3H2,1H3. The molecule has 1 atom stereocenters. The average Bonchev–Trinajstić information content (AvgIpc) is 2.64. The molecular formula is C6H9NO3. The topological polar surface area (TPSA) is 62.7 Å². The van der Waals surface area contributed by atoms with E-state index < -0.39 is 5.97 Å². The van der Waals surface area contributed by atoms with Crippen LogP contribution < -0.4 is 0 Å². The molecule has 10 heavy (non-hydrogen) atoms. The summed E-state index contributed by atoms with van der Waals surface area (Å²) in [6.07, 6.45) is 0.0864. The van der Waals surface area contributed by atoms with E-state index in [2.05, 4.69) is 4.74 Å². The normalized spacial score (nSPS) is 21.9. The Morgan fingerprint density at radius 2 is 2.50 bits per heavy atom. The molecule has 1 N–H and O–H groups in total. The van der Waals surface area contributed by atoms with Crippen LogP contribution in [-0.4, -0.2) is 31.0 Å². The van der Waals surface area contributed by atoms with Gasteiger partial charge in [0.15, 0.2) is 0 Å². The second kappa shape index (κ2) is 2.79. The molecule has 0 aliphatic carbocycles. The van der Waals surface area contributed by atoms with Gasteiger partial charge in [-0.3, -0.25) is 5.41 Å². The van der Waals surface area contributed by atoms with Crippen LogP contribution in [0.3, 0.4) is 0 Å². The van der Waals surface area contributed by atoms with Gasteiger partial charge in [0.1, 0.15) is 18.4 Å². The summed E-state index contributed by atoms with van der Waals surface area (Å²) in [4.78, 5) is 10.6. The number of hydrogen-bond acceptors (Lipinski definition) is 4. The fraction of sp³-hybridized carbons (Fsp3) is 0.667. The van der Waals surface area contributed by atoms with E-state index in [4.69, 9.17) is 10.1 Å². The predicted octanol–water partition coefficient (Wildman–Crippen LogP) is -0.0319. The molecule has 0 spiro atoms. The van der Waals surface area contributed by atoms with Crippen molar-refractivity contribution in [3.63, 3.8) is 0 Å². The third-order valence-electron chi connectivity index (χ3n) is 1.11. The monoisotopic (exact) mass is 143 g/mol. The minimum Gasteiger partial charge on any atom is -0.458 e. The summed E-state index contributed by atoms with van der Waals surface area (Å²) in [6, 6.07) is 0. The maximum atomic E-state index is 10.6. The van der Waals surface area contributed by atoms with E-state index in [1.807, 2.05) is 0 Å². The molecule has 1 unspecified atom stereocenters. The molecule has 0 aromatic carbocycles. The number of nitrogens with one attached hydrogen (secondary N) is 1. The van der Waals surface area contributed by atoms with Gasteiger partial charge in [-0.2, -0.15) is 0 Å². The largest absolute Gasteiger partial charge is 0.458 e. The van der Waals surface area contributed by atoms with E-state index in [1.54, 1.807) is 0 Å². The van der Waals surface area contributed by atoms with E-state index in [0.717, 1.165) is 0 Å². The molecule has 0 bridgehead atoms. The summed E-state index contributed by atoms with van der Waals surface area (Å²) < 4.78 is 9.43. The number of ether oxygens (including phenoxy) is 2. The smallest absolute Gasteiger partial charge is 0.351 e. The first-order valence-corrected chi connectivity index (χ1v) is 3.04. The lowest BCUT2D eigenvalue weighted by atomic mass is 10.4. The number of epoxide rings is 1. The molecule has 4 nitrogen and oxygen atoms in total. The quantitative estimate of drug-likeness (QED) is 0.343. The van der Waals surface area contributed by atoms with Crippen LogP contribution in [0.4, 0.5) is 0 Å². The number of carbonyl (C=O) groups is 1. The summed E-state index contributed by atoms with van der Waals surface area (Å²) in [5, 5.41) is 6.85. The van der Waals surface area contributed by atoms with Crippen LogP contribution in [0, 0.1) is 5.41 Å². The minimum atomic E-state index is -0.560. The molecular weight excluding hydrogens is 134 g/mol. The highest BCUT2D eigenvalue weighted by atomic mass is 16.6. The molecule has 1 aliphatic heterocycles. The van der Waals surface area contributed by atoms with E-state index in [0.29, 0.717) is 6.61 Å². The van der Waals surface area contributed by atoms with Crippen molar-refractivity contribution in [2.75, 3.05) is 13.2 Å². The van der Waals surface area contributed by atoms with Crippen LogP contribution in [0.5, 0.6) is 0 Å². The Morgan fingerprint density at radius 1 is 1.90 bits per heavy atom. The van der Waals surface area contributed by atoms with Crippen molar-refractivity contribution in [1.29, 1.82) is 5.41 Å². The number of rotatable bonds is 3. The van der Waals surface area contributed by atoms with Gasteiger partial charge in [0, 0.05) is 0 Å². The molecule has 1 saturated heterocycles. The number of hydrogen-bond donors (Lipinski definition) is 1. The molecule has 1 heterocycles. The number of carbonyl (C=O) groups excluding carboxylic acids is 1. The molecule has 0 amide bonds. The molecule has 1 rings (SSSR count). The van der Waals surface area contributed by atoms with E-state index in [-0.39, 0.29) is 18.4 Å². The Hall–Kier alpha value is -0.900. The van der Waals surface area contributed by atoms with Crippen molar-refractivity contribution in [2.45, 2.75) is 13.0 Å². The first-order valence-electron chi connectivity index (χ1n) is 3.04. The van der Waals surface area contributed by atoms with Crippen LogP contribution >= 0.6 is 0 Å². The van der Waals surface area contributed by atoms with Gasteiger partial charge in [0.25, 0.3) is 0 Å². The average molecular weight is 143 g/mol. The van der Waals surface area contributed by atoms with Crippen LogP contribution in [-0.2, 0) is 14.3 Å². The van der Waals surface area contributed by atoms with Crippen LogP contribution in [0.1, 0.15) is 6.92 Å². The summed E-state index contributed by atoms with van der Waals surface area (Å²) in [5.41, 5.74) is -0.0688. The summed E-state index contributed by atoms with van der Waals surface area (Å²) in [5.74, 6) is -0.560. The van der Waals surface area contributed by atoms with E-state index in [1.165, 1.54) is 6.92 Å². The highest BCUT2D eigenvalue weighted by Crippen LogP contribution is 2.08. The van der Waals surface area contributed by atoms with Gasteiger partial charge in [-0.25, -0.2) is 4.79 Å². The van der Waals surface area contributed by atoms with Gasteiger partial charge in [-0.15, -0.1) is 0 Å². The zero-order valence-electron chi connectivity index (χ0n) is 5.72. The van der Waals surface area contributed by atoms with Gasteiger partial charge in [0.05, 0.1) is 6.61 Å². The second-order valence-electron chi connectivity index (χ2n) is 2.18. The maximum absolute atomic E-state index is 10.6. The van der Waals surface area contributed by atoms with Crippen molar-refractivity contribution in [3.8, 4) is 0 Å². The van der Waals surface area contributed by atoms with Gasteiger partial charge in [-0.1, -0.05) is 0 Å². The zero-order chi connectivity index (χ0) is 7.56. The number of esters is 1. The van der Waals surface area contributed by atoms with Gasteiger partial charge in [0.2, 0.25) is 0 Å². The Kier molecular flexibility index (Phi) is 2.01. The second-order valence-corrected chi connectivity index (χ2v) is 2.18. The molecule has 56 valence electrons. The van der Waals surface area contributed by atoms with Crippen LogP contribution in [0.2, 0.25) is 0 Å². The first kappa shape index (κ1) is 7.21. The predicted molar refractivity (Wildman–Crippen MR) is 34.1 cm³/mol. The van der Waals surface area contributed by atoms with Crippen LogP contribution in [0.25, 0.3) is 0 Å². The van der Waals surface area contributed by atoms with Crippen molar-refractivity contribution >= 4 is 11.7 Å².